The molecule has 238 valence electrons. The number of hydrogen-bond acceptors (Lipinski definition) is 11. The zero-order valence-corrected chi connectivity index (χ0v) is 25.2. The Balaban J connectivity index is 1.52. The molecule has 6 rings (SSSR count). The number of carbonyl (C=O) groups excluding carboxylic acids is 1. The van der Waals surface area contributed by atoms with Crippen LogP contribution >= 0.6 is 0 Å². The molecule has 14 heteroatoms. The highest BCUT2D eigenvalue weighted by atomic mass is 17.0. The normalized spacial score (nSPS) is 47.6. The Hall–Kier alpha value is -2.65. The van der Waals surface area contributed by atoms with Gasteiger partial charge in [-0.1, -0.05) is 38.8 Å². The molecule has 0 spiro atoms. The van der Waals surface area contributed by atoms with Crippen molar-refractivity contribution in [1.29, 1.82) is 0 Å². The summed E-state index contributed by atoms with van der Waals surface area (Å²) in [6, 6.07) is 0. The summed E-state index contributed by atoms with van der Waals surface area (Å²) >= 11 is 0. The minimum absolute atomic E-state index is 0.00411. The van der Waals surface area contributed by atoms with Crippen LogP contribution in [0.25, 0.3) is 0 Å². The summed E-state index contributed by atoms with van der Waals surface area (Å²) < 4.78 is 19.8. The number of nitrogens with one attached hydrogen (secondary N) is 1. The Morgan fingerprint density at radius 1 is 1.16 bits per heavy atom. The lowest BCUT2D eigenvalue weighted by molar-refractivity contribution is -0.968. The molecule has 6 aliphatic rings. The monoisotopic (exact) mass is 607 g/mol. The van der Waals surface area contributed by atoms with Gasteiger partial charge in [0.25, 0.3) is 15.9 Å². The van der Waals surface area contributed by atoms with Gasteiger partial charge < -0.3 is 34.2 Å². The zero-order valence-electron chi connectivity index (χ0n) is 25.2. The number of ketones is 1. The van der Waals surface area contributed by atoms with Crippen LogP contribution in [-0.2, 0) is 28.7 Å². The van der Waals surface area contributed by atoms with Crippen LogP contribution in [0, 0.1) is 54.0 Å². The molecule has 0 aromatic carbocycles. The molecule has 0 bridgehead atoms. The predicted molar refractivity (Wildman–Crippen MR) is 147 cm³/mol. The molecule has 2 heterocycles. The Morgan fingerprint density at radius 2 is 1.91 bits per heavy atom. The van der Waals surface area contributed by atoms with Crippen LogP contribution in [0.5, 0.6) is 0 Å². The molecule has 5 fully saturated rings. The van der Waals surface area contributed by atoms with E-state index >= 15 is 0 Å². The third-order valence-electron chi connectivity index (χ3n) is 11.6. The Bertz CT molecular complexity index is 1270. The molecule has 2 aliphatic heterocycles. The Labute approximate surface area is 249 Å². The number of quaternary nitrogens is 1. The first kappa shape index (κ1) is 30.4. The molecule has 0 aromatic rings. The Kier molecular flexibility index (Phi) is 7.01. The highest BCUT2D eigenvalue weighted by Gasteiger charge is 2.84. The van der Waals surface area contributed by atoms with E-state index in [2.05, 4.69) is 0 Å². The summed E-state index contributed by atoms with van der Waals surface area (Å²) in [6.07, 6.45) is 5.81. The van der Waals surface area contributed by atoms with Crippen molar-refractivity contribution in [3.05, 3.63) is 49.2 Å². The van der Waals surface area contributed by atoms with Crippen LogP contribution in [0.2, 0.25) is 0 Å². The van der Waals surface area contributed by atoms with Crippen molar-refractivity contribution in [2.24, 2.45) is 28.6 Å². The molecule has 2 saturated heterocycles. The van der Waals surface area contributed by atoms with E-state index in [1.54, 1.807) is 19.9 Å². The van der Waals surface area contributed by atoms with E-state index in [-0.39, 0.29) is 41.6 Å². The summed E-state index contributed by atoms with van der Waals surface area (Å²) in [7, 11) is 0. The number of allylic oxidation sites excluding steroid dienone is 4. The van der Waals surface area contributed by atoms with Crippen LogP contribution in [-0.4, -0.2) is 64.5 Å². The van der Waals surface area contributed by atoms with E-state index in [0.717, 1.165) is 12.0 Å². The van der Waals surface area contributed by atoms with Crippen molar-refractivity contribution in [1.82, 2.24) is 0 Å². The van der Waals surface area contributed by atoms with Crippen molar-refractivity contribution in [2.75, 3.05) is 13.2 Å². The van der Waals surface area contributed by atoms with Gasteiger partial charge in [0, 0.05) is 16.7 Å². The van der Waals surface area contributed by atoms with Gasteiger partial charge in [-0.05, 0) is 69.9 Å². The van der Waals surface area contributed by atoms with Gasteiger partial charge in [-0.3, -0.25) is 4.79 Å². The third-order valence-corrected chi connectivity index (χ3v) is 11.6. The quantitative estimate of drug-likeness (QED) is 0.244. The van der Waals surface area contributed by atoms with Crippen LogP contribution < -0.4 is 5.06 Å². The number of fused-ring (bicyclic) bond motifs is 7. The molecule has 1 N–H and O–H groups in total. The second-order valence-electron chi connectivity index (χ2n) is 14.3. The maximum atomic E-state index is 14.4. The van der Waals surface area contributed by atoms with Gasteiger partial charge in [-0.25, -0.2) is 0 Å². The predicted octanol–water partition coefficient (Wildman–Crippen LogP) is 2.47. The van der Waals surface area contributed by atoms with E-state index in [1.165, 1.54) is 6.08 Å². The van der Waals surface area contributed by atoms with Gasteiger partial charge in [0.05, 0.1) is 6.10 Å². The van der Waals surface area contributed by atoms with Crippen LogP contribution in [0.1, 0.15) is 73.1 Å². The largest absolute Gasteiger partial charge is 0.632 e. The summed E-state index contributed by atoms with van der Waals surface area (Å²) in [5.41, 5.74) is -5.15. The maximum absolute atomic E-state index is 14.4. The lowest BCUT2D eigenvalue weighted by Gasteiger charge is -2.62. The second-order valence-corrected chi connectivity index (χ2v) is 14.3. The highest BCUT2D eigenvalue weighted by Crippen LogP contribution is 2.72. The van der Waals surface area contributed by atoms with E-state index < -0.39 is 63.0 Å². The highest BCUT2D eigenvalue weighted by molar-refractivity contribution is 6.01. The van der Waals surface area contributed by atoms with E-state index in [9.17, 15) is 30.2 Å². The van der Waals surface area contributed by atoms with Crippen LogP contribution in [0.4, 0.5) is 0 Å². The first-order valence-electron chi connectivity index (χ1n) is 15.2. The van der Waals surface area contributed by atoms with Gasteiger partial charge in [0.15, 0.2) is 24.3 Å². The van der Waals surface area contributed by atoms with Gasteiger partial charge in [0.2, 0.25) is 0 Å². The fraction of sp³-hybridized carbons (Fsp3) is 0.828. The van der Waals surface area contributed by atoms with Crippen molar-refractivity contribution >= 4 is 5.78 Å². The number of ether oxygens (including phenoxy) is 3. The summed E-state index contributed by atoms with van der Waals surface area (Å²) in [5.74, 6) is -0.733. The lowest BCUT2D eigenvalue weighted by atomic mass is 9.45. The fourth-order valence-corrected chi connectivity index (χ4v) is 10.0. The molecule has 14 nitrogen and oxygen atoms in total. The molecule has 0 aromatic heterocycles. The van der Waals surface area contributed by atoms with Crippen LogP contribution in [0.3, 0.4) is 0 Å². The average molecular weight is 608 g/mol. The molecule has 0 amide bonds. The van der Waals surface area contributed by atoms with E-state index in [0.29, 0.717) is 25.7 Å². The molecule has 43 heavy (non-hydrogen) atoms. The number of hydroxylamine groups is 2. The van der Waals surface area contributed by atoms with Crippen LogP contribution in [0.15, 0.2) is 23.8 Å². The molecule has 4 aliphatic carbocycles. The first-order valence-corrected chi connectivity index (χ1v) is 15.2. The number of hydrogen-bond donors (Lipinski definition) is 1. The zero-order chi connectivity index (χ0) is 31.2. The topological polar surface area (TPSA) is 177 Å². The van der Waals surface area contributed by atoms with Crippen molar-refractivity contribution < 1.29 is 43.9 Å². The van der Waals surface area contributed by atoms with Gasteiger partial charge >= 0.3 is 0 Å². The molecule has 3 saturated carbocycles. The Morgan fingerprint density at radius 3 is 2.53 bits per heavy atom. The maximum Gasteiger partial charge on any atom is 0.294 e. The van der Waals surface area contributed by atoms with Gasteiger partial charge in [-0.15, -0.1) is 20.2 Å². The number of nitrogens with zero attached hydrogens (tertiary/aromatic N) is 2. The molecule has 0 radical (unpaired) electrons. The second kappa shape index (κ2) is 9.93. The lowest BCUT2D eigenvalue weighted by Crippen LogP contribution is -3.24. The molecular weight excluding hydrogens is 566 g/mol. The van der Waals surface area contributed by atoms with Crippen molar-refractivity contribution in [2.45, 2.75) is 109 Å². The standard InChI is InChI=1S/C29H41N3O11/c1-6-7-23-41-22-13-20-19-9-8-17-12-18(33)10-11-26(17,4)24(19)21(43-32(37)38)14-27(20,5)29(22,42-23)28(16-40-31(35)36)30(34)25(2,3)15-39-28/h10-12,19-24,30H,6-9,13-16H2,1-5H3/t19?,20?,21?,22-,23?,24?,26+,27+,28?,29-/m1/s1. The third kappa shape index (κ3) is 4.06. The minimum Gasteiger partial charge on any atom is -0.632 e. The van der Waals surface area contributed by atoms with E-state index in [1.807, 2.05) is 26.8 Å². The average Bonchev–Trinajstić information content (AvgIpc) is 3.49. The smallest absolute Gasteiger partial charge is 0.294 e. The summed E-state index contributed by atoms with van der Waals surface area (Å²) in [6.45, 7) is 8.70. The summed E-state index contributed by atoms with van der Waals surface area (Å²) in [5, 5.41) is 35.9. The van der Waals surface area contributed by atoms with Crippen molar-refractivity contribution in [3.8, 4) is 0 Å². The van der Waals surface area contributed by atoms with Gasteiger partial charge in [-0.2, -0.15) is 0 Å². The molecular formula is C29H41N3O11. The number of carbonyl (C=O) groups is 1. The molecule has 11 atom stereocenters. The van der Waals surface area contributed by atoms with Gasteiger partial charge in [0.1, 0.15) is 18.2 Å². The first-order chi connectivity index (χ1) is 20.1. The fourth-order valence-electron chi connectivity index (χ4n) is 10.0. The van der Waals surface area contributed by atoms with E-state index in [4.69, 9.17) is 23.9 Å². The minimum atomic E-state index is -1.90. The summed E-state index contributed by atoms with van der Waals surface area (Å²) in [4.78, 5) is 46.4. The van der Waals surface area contributed by atoms with Crippen molar-refractivity contribution in [3.63, 3.8) is 0 Å². The molecule has 7 unspecified atom stereocenters. The number of rotatable bonds is 8. The SMILES string of the molecule is CCCC1O[C@@H]2CC3C4CCC5=CC(=O)C=C[C@]5(C)C4C(O[N+](=O)[O-])C[C@]3(C)[C@]2(C2(CO[N+](=O)[O-])OCC(C)(C)[NH+]2[O-])O1.